The van der Waals surface area contributed by atoms with E-state index < -0.39 is 12.2 Å². The molecule has 1 saturated heterocycles. The number of rotatable bonds is 5. The topological polar surface area (TPSA) is 113 Å². The zero-order chi connectivity index (χ0) is 19.5. The summed E-state index contributed by atoms with van der Waals surface area (Å²) in [5.41, 5.74) is 1.93. The third-order valence-corrected chi connectivity index (χ3v) is 5.11. The van der Waals surface area contributed by atoms with Gasteiger partial charge >= 0.3 is 0 Å². The van der Waals surface area contributed by atoms with E-state index in [0.717, 1.165) is 24.9 Å². The van der Waals surface area contributed by atoms with E-state index in [1.54, 1.807) is 24.5 Å². The van der Waals surface area contributed by atoms with Crippen molar-refractivity contribution in [3.8, 4) is 11.3 Å². The average Bonchev–Trinajstić information content (AvgIpc) is 2.72. The van der Waals surface area contributed by atoms with Crippen molar-refractivity contribution in [2.24, 2.45) is 0 Å². The van der Waals surface area contributed by atoms with Crippen LogP contribution in [-0.2, 0) is 6.54 Å². The second-order valence-corrected chi connectivity index (χ2v) is 7.17. The van der Waals surface area contributed by atoms with Gasteiger partial charge in [-0.1, -0.05) is 0 Å². The molecule has 0 aromatic carbocycles. The maximum atomic E-state index is 12.9. The number of piperidine rings is 1. The molecule has 0 amide bonds. The van der Waals surface area contributed by atoms with Crippen LogP contribution < -0.4 is 10.9 Å². The van der Waals surface area contributed by atoms with Gasteiger partial charge in [-0.2, -0.15) is 0 Å². The van der Waals surface area contributed by atoms with Crippen LogP contribution in [-0.4, -0.2) is 54.5 Å². The van der Waals surface area contributed by atoms with Crippen molar-refractivity contribution < 1.29 is 10.2 Å². The van der Waals surface area contributed by atoms with Gasteiger partial charge in [0.2, 0.25) is 0 Å². The zero-order valence-electron chi connectivity index (χ0n) is 15.4. The molecule has 4 rings (SSSR count). The van der Waals surface area contributed by atoms with E-state index >= 15 is 0 Å². The van der Waals surface area contributed by atoms with Crippen molar-refractivity contribution in [3.63, 3.8) is 0 Å². The number of aliphatic hydroxyl groups is 2. The van der Waals surface area contributed by atoms with Crippen LogP contribution in [0.4, 0.5) is 0 Å². The standard InChI is InChI=1S/C20H23N5O3/c26-14(9-17-18(27)4-2-8-22-17)11-25-12-23-16-6-5-15(24-19(16)20(25)28)13-3-1-7-21-10-13/h1,3,5-7,10,12,14,17-18,22,26-27H,2,4,8-9,11H2/t14?,17-,18+/m1/s1. The fourth-order valence-corrected chi connectivity index (χ4v) is 3.61. The molecule has 1 aliphatic rings. The minimum Gasteiger partial charge on any atom is -0.392 e. The molecule has 0 radical (unpaired) electrons. The fraction of sp³-hybridized carbons (Fsp3) is 0.400. The molecule has 3 atom stereocenters. The average molecular weight is 381 g/mol. The summed E-state index contributed by atoms with van der Waals surface area (Å²) in [6.07, 6.45) is 5.57. The maximum Gasteiger partial charge on any atom is 0.279 e. The van der Waals surface area contributed by atoms with Gasteiger partial charge < -0.3 is 15.5 Å². The summed E-state index contributed by atoms with van der Waals surface area (Å²) in [4.78, 5) is 25.7. The SMILES string of the molecule is O=c1c2nc(-c3cccnc3)ccc2ncn1CC(O)C[C@H]1NCCC[C@@H]1O. The highest BCUT2D eigenvalue weighted by molar-refractivity contribution is 5.76. The van der Waals surface area contributed by atoms with Gasteiger partial charge in [0.1, 0.15) is 0 Å². The van der Waals surface area contributed by atoms with E-state index in [0.29, 0.717) is 17.6 Å². The molecular weight excluding hydrogens is 358 g/mol. The Balaban J connectivity index is 1.57. The van der Waals surface area contributed by atoms with Gasteiger partial charge in [0.05, 0.1) is 36.3 Å². The molecule has 1 fully saturated rings. The number of nitrogens with zero attached hydrogens (tertiary/aromatic N) is 4. The molecule has 3 aromatic heterocycles. The Morgan fingerprint density at radius 1 is 1.32 bits per heavy atom. The summed E-state index contributed by atoms with van der Waals surface area (Å²) in [6.45, 7) is 0.929. The molecule has 0 saturated carbocycles. The first kappa shape index (κ1) is 18.7. The molecule has 3 aromatic rings. The molecule has 146 valence electrons. The van der Waals surface area contributed by atoms with Crippen LogP contribution in [0.3, 0.4) is 0 Å². The second-order valence-electron chi connectivity index (χ2n) is 7.17. The van der Waals surface area contributed by atoms with Gasteiger partial charge in [-0.05, 0) is 50.1 Å². The smallest absolute Gasteiger partial charge is 0.279 e. The second kappa shape index (κ2) is 8.14. The highest BCUT2D eigenvalue weighted by Crippen LogP contribution is 2.18. The van der Waals surface area contributed by atoms with E-state index in [-0.39, 0.29) is 23.7 Å². The van der Waals surface area contributed by atoms with E-state index in [9.17, 15) is 15.0 Å². The first-order chi connectivity index (χ1) is 13.6. The summed E-state index contributed by atoms with van der Waals surface area (Å²) < 4.78 is 1.38. The Morgan fingerprint density at radius 3 is 3.00 bits per heavy atom. The summed E-state index contributed by atoms with van der Waals surface area (Å²) in [7, 11) is 0. The number of hydrogen-bond acceptors (Lipinski definition) is 7. The van der Waals surface area contributed by atoms with Crippen molar-refractivity contribution in [3.05, 3.63) is 53.3 Å². The molecule has 0 bridgehead atoms. The summed E-state index contributed by atoms with van der Waals surface area (Å²) in [5.74, 6) is 0. The van der Waals surface area contributed by atoms with Crippen molar-refractivity contribution in [2.75, 3.05) is 6.54 Å². The lowest BCUT2D eigenvalue weighted by Gasteiger charge is -2.30. The monoisotopic (exact) mass is 381 g/mol. The van der Waals surface area contributed by atoms with Crippen LogP contribution in [0.1, 0.15) is 19.3 Å². The van der Waals surface area contributed by atoms with Crippen LogP contribution in [0.2, 0.25) is 0 Å². The Kier molecular flexibility index (Phi) is 5.43. The highest BCUT2D eigenvalue weighted by atomic mass is 16.3. The van der Waals surface area contributed by atoms with E-state index in [1.165, 1.54) is 10.9 Å². The van der Waals surface area contributed by atoms with Crippen LogP contribution >= 0.6 is 0 Å². The zero-order valence-corrected chi connectivity index (χ0v) is 15.4. The van der Waals surface area contributed by atoms with Gasteiger partial charge in [-0.25, -0.2) is 9.97 Å². The van der Waals surface area contributed by atoms with Gasteiger partial charge in [-0.3, -0.25) is 14.3 Å². The molecule has 1 unspecified atom stereocenters. The third-order valence-electron chi connectivity index (χ3n) is 5.11. The molecule has 4 heterocycles. The molecular formula is C20H23N5O3. The minimum absolute atomic E-state index is 0.103. The number of fused-ring (bicyclic) bond motifs is 1. The van der Waals surface area contributed by atoms with Crippen molar-refractivity contribution in [1.82, 2.24) is 24.8 Å². The predicted molar refractivity (Wildman–Crippen MR) is 105 cm³/mol. The molecule has 8 heteroatoms. The Morgan fingerprint density at radius 2 is 2.21 bits per heavy atom. The number of aromatic nitrogens is 4. The Hall–Kier alpha value is -2.68. The third kappa shape index (κ3) is 3.94. The summed E-state index contributed by atoms with van der Waals surface area (Å²) in [6, 6.07) is 7.09. The van der Waals surface area contributed by atoms with Crippen molar-refractivity contribution in [1.29, 1.82) is 0 Å². The normalized spacial score (nSPS) is 20.9. The van der Waals surface area contributed by atoms with Gasteiger partial charge in [-0.15, -0.1) is 0 Å². The van der Waals surface area contributed by atoms with Gasteiger partial charge in [0, 0.05) is 24.0 Å². The number of aliphatic hydroxyl groups excluding tert-OH is 2. The van der Waals surface area contributed by atoms with Gasteiger partial charge in [0.15, 0.2) is 5.52 Å². The first-order valence-electron chi connectivity index (χ1n) is 9.48. The van der Waals surface area contributed by atoms with Crippen molar-refractivity contribution in [2.45, 2.75) is 44.1 Å². The summed E-state index contributed by atoms with van der Waals surface area (Å²) >= 11 is 0. The van der Waals surface area contributed by atoms with E-state index in [4.69, 9.17) is 0 Å². The van der Waals surface area contributed by atoms with Crippen LogP contribution in [0, 0.1) is 0 Å². The highest BCUT2D eigenvalue weighted by Gasteiger charge is 2.25. The van der Waals surface area contributed by atoms with Crippen LogP contribution in [0.5, 0.6) is 0 Å². The number of pyridine rings is 2. The molecule has 28 heavy (non-hydrogen) atoms. The van der Waals surface area contributed by atoms with Crippen LogP contribution in [0.25, 0.3) is 22.3 Å². The minimum atomic E-state index is -0.774. The Bertz CT molecular complexity index is 1010. The number of nitrogens with one attached hydrogen (secondary N) is 1. The lowest BCUT2D eigenvalue weighted by Crippen LogP contribution is -2.47. The van der Waals surface area contributed by atoms with Crippen molar-refractivity contribution >= 4 is 11.0 Å². The van der Waals surface area contributed by atoms with Gasteiger partial charge in [0.25, 0.3) is 5.56 Å². The molecule has 1 aliphatic heterocycles. The predicted octanol–water partition coefficient (Wildman–Crippen LogP) is 0.717. The molecule has 8 nitrogen and oxygen atoms in total. The number of hydrogen-bond donors (Lipinski definition) is 3. The van der Waals surface area contributed by atoms with E-state index in [2.05, 4.69) is 20.3 Å². The molecule has 0 aliphatic carbocycles. The quantitative estimate of drug-likeness (QED) is 0.597. The maximum absolute atomic E-state index is 12.9. The Labute approximate surface area is 161 Å². The van der Waals surface area contributed by atoms with Crippen LogP contribution in [0.15, 0.2) is 47.8 Å². The lowest BCUT2D eigenvalue weighted by atomic mass is 9.96. The largest absolute Gasteiger partial charge is 0.392 e. The fourth-order valence-electron chi connectivity index (χ4n) is 3.61. The molecule has 0 spiro atoms. The lowest BCUT2D eigenvalue weighted by molar-refractivity contribution is 0.0539. The first-order valence-corrected chi connectivity index (χ1v) is 9.48. The van der Waals surface area contributed by atoms with E-state index in [1.807, 2.05) is 12.1 Å². The molecule has 3 N–H and O–H groups in total. The summed E-state index contributed by atoms with van der Waals surface area (Å²) in [5, 5.41) is 23.7.